The number of nitrogens with zero attached hydrogens (tertiary/aromatic N) is 2. The normalized spacial score (nSPS) is 9.12. The van der Waals surface area contributed by atoms with Gasteiger partial charge in [-0.25, -0.2) is 9.97 Å². The van der Waals surface area contributed by atoms with Gasteiger partial charge in [0.1, 0.15) is 5.75 Å². The molecule has 0 radical (unpaired) electrons. The van der Waals surface area contributed by atoms with E-state index in [9.17, 15) is 0 Å². The molecule has 2 rings (SSSR count). The van der Waals surface area contributed by atoms with Crippen LogP contribution in [0, 0.1) is 0 Å². The molecular weight excluding hydrogens is 238 g/mol. The van der Waals surface area contributed by atoms with Crippen molar-refractivity contribution in [1.82, 2.24) is 15.3 Å². The molecule has 0 fully saturated rings. The van der Waals surface area contributed by atoms with E-state index in [2.05, 4.69) is 15.3 Å². The second-order valence-electron chi connectivity index (χ2n) is 3.10. The van der Waals surface area contributed by atoms with Crippen LogP contribution in [0.2, 0.25) is 5.28 Å². The molecule has 0 spiro atoms. The number of nitrogens with one attached hydrogen (secondary N) is 1. The Morgan fingerprint density at radius 2 is 1.53 bits per heavy atom. The van der Waals surface area contributed by atoms with Crippen molar-refractivity contribution < 1.29 is 4.74 Å². The molecule has 0 bridgehead atoms. The summed E-state index contributed by atoms with van der Waals surface area (Å²) in [7, 11) is 3.75. The molecule has 0 saturated heterocycles. The lowest BCUT2D eigenvalue weighted by Gasteiger charge is -2.03. The number of rotatable bonds is 2. The summed E-state index contributed by atoms with van der Waals surface area (Å²) in [5.41, 5.74) is 0. The van der Waals surface area contributed by atoms with Crippen LogP contribution < -0.4 is 10.1 Å². The lowest BCUT2D eigenvalue weighted by Crippen LogP contribution is -1.89. The van der Waals surface area contributed by atoms with E-state index in [-0.39, 0.29) is 5.28 Å². The fraction of sp³-hybridized carbons (Fsp3) is 0.167. The smallest absolute Gasteiger partial charge is 0.222 e. The van der Waals surface area contributed by atoms with E-state index in [0.717, 1.165) is 5.75 Å². The maximum Gasteiger partial charge on any atom is 0.222 e. The topological polar surface area (TPSA) is 47.0 Å². The van der Waals surface area contributed by atoms with E-state index >= 15 is 0 Å². The van der Waals surface area contributed by atoms with Crippen molar-refractivity contribution in [3.63, 3.8) is 0 Å². The molecule has 0 atom stereocenters. The third-order valence-corrected chi connectivity index (χ3v) is 1.77. The predicted octanol–water partition coefficient (Wildman–Crippen LogP) is 2.76. The fourth-order valence-corrected chi connectivity index (χ4v) is 1.08. The van der Waals surface area contributed by atoms with E-state index in [1.807, 2.05) is 44.4 Å². The third-order valence-electron chi connectivity index (χ3n) is 1.58. The number of halogens is 1. The molecule has 0 amide bonds. The number of aromatic nitrogens is 2. The highest BCUT2D eigenvalue weighted by Gasteiger charge is 1.97. The first kappa shape index (κ1) is 13.4. The summed E-state index contributed by atoms with van der Waals surface area (Å²) in [5, 5.41) is 2.96. The van der Waals surface area contributed by atoms with Crippen LogP contribution in [-0.2, 0) is 0 Å². The van der Waals surface area contributed by atoms with Gasteiger partial charge in [-0.3, -0.25) is 0 Å². The Morgan fingerprint density at radius 3 is 2.06 bits per heavy atom. The van der Waals surface area contributed by atoms with Crippen molar-refractivity contribution in [2.75, 3.05) is 14.1 Å². The van der Waals surface area contributed by atoms with Gasteiger partial charge in [-0.15, -0.1) is 0 Å². The van der Waals surface area contributed by atoms with Crippen LogP contribution in [0.1, 0.15) is 0 Å². The SMILES string of the molecule is CNC.Clc1ncc(Oc2ccccc2)cn1. The standard InChI is InChI=1S/C10H7ClN2O.C2H7N/c11-10-12-6-9(7-13-10)14-8-4-2-1-3-5-8;1-3-2/h1-7H;3H,1-2H3. The van der Waals surface area contributed by atoms with E-state index in [4.69, 9.17) is 16.3 Å². The average molecular weight is 252 g/mol. The summed E-state index contributed by atoms with van der Waals surface area (Å²) in [6, 6.07) is 9.42. The Hall–Kier alpha value is -1.65. The van der Waals surface area contributed by atoms with Gasteiger partial charge in [-0.2, -0.15) is 0 Å². The molecule has 0 saturated carbocycles. The summed E-state index contributed by atoms with van der Waals surface area (Å²) < 4.78 is 5.45. The number of hydrogen-bond acceptors (Lipinski definition) is 4. The molecule has 2 aromatic rings. The highest BCUT2D eigenvalue weighted by molar-refractivity contribution is 6.28. The molecule has 5 heteroatoms. The van der Waals surface area contributed by atoms with Crippen molar-refractivity contribution in [3.05, 3.63) is 48.0 Å². The van der Waals surface area contributed by atoms with Gasteiger partial charge >= 0.3 is 0 Å². The van der Waals surface area contributed by atoms with Crippen molar-refractivity contribution in [2.45, 2.75) is 0 Å². The Bertz CT molecular complexity index is 420. The molecular formula is C12H14ClN3O. The summed E-state index contributed by atoms with van der Waals surface area (Å²) in [6.07, 6.45) is 3.06. The van der Waals surface area contributed by atoms with Gasteiger partial charge in [0.05, 0.1) is 12.4 Å². The first-order chi connectivity index (χ1) is 8.26. The molecule has 0 unspecified atom stereocenters. The lowest BCUT2D eigenvalue weighted by atomic mass is 10.3. The quantitative estimate of drug-likeness (QED) is 0.834. The van der Waals surface area contributed by atoms with Gasteiger partial charge in [-0.05, 0) is 37.8 Å². The maximum atomic E-state index is 5.54. The minimum Gasteiger partial charge on any atom is -0.454 e. The van der Waals surface area contributed by atoms with E-state index in [1.54, 1.807) is 0 Å². The van der Waals surface area contributed by atoms with Crippen LogP contribution in [0.3, 0.4) is 0 Å². The maximum absolute atomic E-state index is 5.54. The van der Waals surface area contributed by atoms with Gasteiger partial charge in [-0.1, -0.05) is 18.2 Å². The van der Waals surface area contributed by atoms with Gasteiger partial charge in [0.2, 0.25) is 5.28 Å². The number of benzene rings is 1. The van der Waals surface area contributed by atoms with E-state index in [0.29, 0.717) is 5.75 Å². The second-order valence-corrected chi connectivity index (χ2v) is 3.44. The van der Waals surface area contributed by atoms with Gasteiger partial charge in [0.15, 0.2) is 5.75 Å². The highest BCUT2D eigenvalue weighted by Crippen LogP contribution is 2.19. The van der Waals surface area contributed by atoms with Gasteiger partial charge in [0.25, 0.3) is 0 Å². The van der Waals surface area contributed by atoms with Crippen LogP contribution in [0.5, 0.6) is 11.5 Å². The zero-order valence-electron chi connectivity index (χ0n) is 9.72. The number of hydrogen-bond donors (Lipinski definition) is 1. The molecule has 1 aromatic heterocycles. The summed E-state index contributed by atoms with van der Waals surface area (Å²) in [4.78, 5) is 7.61. The molecule has 0 aliphatic carbocycles. The summed E-state index contributed by atoms with van der Waals surface area (Å²) >= 11 is 5.54. The second kappa shape index (κ2) is 7.60. The molecule has 1 aromatic carbocycles. The molecule has 0 aliphatic heterocycles. The van der Waals surface area contributed by atoms with Crippen LogP contribution in [0.25, 0.3) is 0 Å². The van der Waals surface area contributed by atoms with Crippen LogP contribution >= 0.6 is 11.6 Å². The van der Waals surface area contributed by atoms with Crippen LogP contribution in [0.4, 0.5) is 0 Å². The largest absolute Gasteiger partial charge is 0.454 e. The lowest BCUT2D eigenvalue weighted by molar-refractivity contribution is 0.477. The zero-order valence-corrected chi connectivity index (χ0v) is 10.5. The Kier molecular flexibility index (Phi) is 5.99. The van der Waals surface area contributed by atoms with Crippen molar-refractivity contribution in [1.29, 1.82) is 0 Å². The number of ether oxygens (including phenoxy) is 1. The van der Waals surface area contributed by atoms with Crippen molar-refractivity contribution in [2.24, 2.45) is 0 Å². The molecule has 17 heavy (non-hydrogen) atoms. The van der Waals surface area contributed by atoms with E-state index in [1.165, 1.54) is 12.4 Å². The fourth-order valence-electron chi connectivity index (χ4n) is 0.978. The minimum atomic E-state index is 0.213. The Labute approximate surface area is 106 Å². The highest BCUT2D eigenvalue weighted by atomic mass is 35.5. The Morgan fingerprint density at radius 1 is 1.00 bits per heavy atom. The average Bonchev–Trinajstić information content (AvgIpc) is 2.35. The van der Waals surface area contributed by atoms with Crippen LogP contribution in [0.15, 0.2) is 42.7 Å². The zero-order chi connectivity index (χ0) is 12.5. The van der Waals surface area contributed by atoms with Gasteiger partial charge in [0, 0.05) is 0 Å². The molecule has 4 nitrogen and oxygen atoms in total. The first-order valence-corrected chi connectivity index (χ1v) is 5.43. The third kappa shape index (κ3) is 5.29. The molecule has 90 valence electrons. The summed E-state index contributed by atoms with van der Waals surface area (Å²) in [5.74, 6) is 1.32. The Balaban J connectivity index is 0.000000437. The monoisotopic (exact) mass is 251 g/mol. The van der Waals surface area contributed by atoms with E-state index < -0.39 is 0 Å². The first-order valence-electron chi connectivity index (χ1n) is 5.05. The molecule has 1 heterocycles. The van der Waals surface area contributed by atoms with Crippen LogP contribution in [-0.4, -0.2) is 24.1 Å². The molecule has 0 aliphatic rings. The van der Waals surface area contributed by atoms with Crippen molar-refractivity contribution >= 4 is 11.6 Å². The number of para-hydroxylation sites is 1. The van der Waals surface area contributed by atoms with Crippen molar-refractivity contribution in [3.8, 4) is 11.5 Å². The summed E-state index contributed by atoms with van der Waals surface area (Å²) in [6.45, 7) is 0. The molecule has 1 N–H and O–H groups in total. The minimum absolute atomic E-state index is 0.213. The van der Waals surface area contributed by atoms with Gasteiger partial charge < -0.3 is 10.1 Å². The predicted molar refractivity (Wildman–Crippen MR) is 68.5 cm³/mol.